The van der Waals surface area contributed by atoms with Gasteiger partial charge in [0.1, 0.15) is 24.1 Å². The molecule has 0 spiro atoms. The number of ether oxygens (including phenoxy) is 2. The highest BCUT2D eigenvalue weighted by molar-refractivity contribution is 7.92. The Kier molecular flexibility index (Phi) is 10.4. The molecule has 9 nitrogen and oxygen atoms in total. The molecule has 1 atom stereocenters. The van der Waals surface area contributed by atoms with Crippen LogP contribution in [0.2, 0.25) is 5.02 Å². The van der Waals surface area contributed by atoms with Crippen molar-refractivity contribution in [1.82, 2.24) is 10.2 Å². The van der Waals surface area contributed by atoms with E-state index >= 15 is 0 Å². The summed E-state index contributed by atoms with van der Waals surface area (Å²) in [5, 5.41) is 3.24. The van der Waals surface area contributed by atoms with Gasteiger partial charge in [0, 0.05) is 17.6 Å². The molecule has 0 saturated heterocycles. The Balaban J connectivity index is 2.03. The molecule has 3 aromatic carbocycles. The number of anilines is 1. The predicted octanol–water partition coefficient (Wildman–Crippen LogP) is 4.49. The first-order valence-electron chi connectivity index (χ1n) is 12.6. The largest absolute Gasteiger partial charge is 0.497 e. The molecule has 0 heterocycles. The molecule has 0 radical (unpaired) electrons. The lowest BCUT2D eigenvalue weighted by Gasteiger charge is -2.32. The molecule has 3 rings (SSSR count). The van der Waals surface area contributed by atoms with Gasteiger partial charge < -0.3 is 19.7 Å². The fourth-order valence-corrected chi connectivity index (χ4v) is 5.51. The molecule has 0 saturated carbocycles. The summed E-state index contributed by atoms with van der Waals surface area (Å²) in [5.74, 6) is 0.153. The average molecular weight is 588 g/mol. The van der Waals surface area contributed by atoms with E-state index in [-0.39, 0.29) is 29.1 Å². The minimum Gasteiger partial charge on any atom is -0.497 e. The third-order valence-corrected chi connectivity index (χ3v) is 8.17. The smallest absolute Gasteiger partial charge is 0.264 e. The van der Waals surface area contributed by atoms with Gasteiger partial charge in [-0.2, -0.15) is 0 Å². The van der Waals surface area contributed by atoms with Gasteiger partial charge in [0.25, 0.3) is 10.0 Å². The molecular formula is C29H34ClN3O6S. The first kappa shape index (κ1) is 30.8. The molecule has 0 aromatic heterocycles. The van der Waals surface area contributed by atoms with Gasteiger partial charge >= 0.3 is 0 Å². The first-order chi connectivity index (χ1) is 19.0. The van der Waals surface area contributed by atoms with Gasteiger partial charge in [0.15, 0.2) is 0 Å². The van der Waals surface area contributed by atoms with Gasteiger partial charge in [-0.05, 0) is 87.0 Å². The second-order valence-corrected chi connectivity index (χ2v) is 11.7. The number of halogens is 1. The molecule has 0 aliphatic carbocycles. The van der Waals surface area contributed by atoms with Crippen molar-refractivity contribution in [3.05, 3.63) is 83.4 Å². The predicted molar refractivity (Wildman–Crippen MR) is 155 cm³/mol. The van der Waals surface area contributed by atoms with Gasteiger partial charge in [-0.25, -0.2) is 8.42 Å². The van der Waals surface area contributed by atoms with Crippen LogP contribution in [-0.4, -0.2) is 58.0 Å². The fourth-order valence-electron chi connectivity index (χ4n) is 3.97. The number of rotatable bonds is 12. The minimum atomic E-state index is -4.20. The third-order valence-electron chi connectivity index (χ3n) is 6.13. The monoisotopic (exact) mass is 587 g/mol. The van der Waals surface area contributed by atoms with Crippen molar-refractivity contribution in [2.75, 3.05) is 25.1 Å². The lowest BCUT2D eigenvalue weighted by molar-refractivity contribution is -0.139. The van der Waals surface area contributed by atoms with E-state index in [9.17, 15) is 18.0 Å². The number of nitrogens with one attached hydrogen (secondary N) is 1. The number of hydrogen-bond donors (Lipinski definition) is 1. The minimum absolute atomic E-state index is 0.0269. The summed E-state index contributed by atoms with van der Waals surface area (Å²) in [6.07, 6.45) is 0. The van der Waals surface area contributed by atoms with Crippen molar-refractivity contribution in [1.29, 1.82) is 0 Å². The van der Waals surface area contributed by atoms with Crippen LogP contribution in [0, 0.1) is 0 Å². The summed E-state index contributed by atoms with van der Waals surface area (Å²) >= 11 is 6.06. The summed E-state index contributed by atoms with van der Waals surface area (Å²) < 4.78 is 39.2. The summed E-state index contributed by atoms with van der Waals surface area (Å²) in [6, 6.07) is 18.1. The van der Waals surface area contributed by atoms with Crippen LogP contribution < -0.4 is 19.1 Å². The zero-order chi connectivity index (χ0) is 29.4. The van der Waals surface area contributed by atoms with Crippen LogP contribution in [-0.2, 0) is 26.2 Å². The van der Waals surface area contributed by atoms with E-state index in [0.717, 1.165) is 4.31 Å². The Morgan fingerprint density at radius 1 is 0.900 bits per heavy atom. The number of carbonyl (C=O) groups excluding carboxylic acids is 2. The second-order valence-electron chi connectivity index (χ2n) is 9.38. The molecule has 3 aromatic rings. The third kappa shape index (κ3) is 7.67. The Morgan fingerprint density at radius 3 is 2.10 bits per heavy atom. The lowest BCUT2D eigenvalue weighted by atomic mass is 10.1. The van der Waals surface area contributed by atoms with Gasteiger partial charge in [-0.3, -0.25) is 13.9 Å². The van der Waals surface area contributed by atoms with Gasteiger partial charge in [-0.1, -0.05) is 23.7 Å². The van der Waals surface area contributed by atoms with E-state index in [4.69, 9.17) is 21.1 Å². The molecule has 0 bridgehead atoms. The summed E-state index contributed by atoms with van der Waals surface area (Å²) in [7, 11) is -1.18. The molecular weight excluding hydrogens is 554 g/mol. The fraction of sp³-hybridized carbons (Fsp3) is 0.310. The van der Waals surface area contributed by atoms with E-state index in [0.29, 0.717) is 22.1 Å². The van der Waals surface area contributed by atoms with Crippen molar-refractivity contribution in [2.24, 2.45) is 0 Å². The standard InChI is InChI=1S/C29H34ClN3O6S/c1-20(2)31-29(35)21(3)32(18-22-7-6-8-26(17-22)39-5)28(34)19-33(24-11-9-23(30)10-12-24)40(36,37)27-15-13-25(38-4)14-16-27/h6-17,20-21H,18-19H2,1-5H3,(H,31,35)/t21-/m1/s1. The van der Waals surface area contributed by atoms with E-state index in [1.54, 1.807) is 43.3 Å². The molecule has 0 fully saturated rings. The molecule has 11 heteroatoms. The molecule has 2 amide bonds. The molecule has 0 unspecified atom stereocenters. The molecule has 0 aliphatic heterocycles. The van der Waals surface area contributed by atoms with E-state index in [1.165, 1.54) is 55.5 Å². The summed E-state index contributed by atoms with van der Waals surface area (Å²) in [4.78, 5) is 28.3. The van der Waals surface area contributed by atoms with E-state index in [2.05, 4.69) is 5.32 Å². The van der Waals surface area contributed by atoms with Crippen molar-refractivity contribution >= 4 is 39.1 Å². The highest BCUT2D eigenvalue weighted by Crippen LogP contribution is 2.27. The molecule has 0 aliphatic rings. The normalized spacial score (nSPS) is 12.0. The summed E-state index contributed by atoms with van der Waals surface area (Å²) in [5.41, 5.74) is 0.960. The zero-order valence-electron chi connectivity index (χ0n) is 23.1. The Hall–Kier alpha value is -3.76. The molecule has 1 N–H and O–H groups in total. The number of methoxy groups -OCH3 is 2. The van der Waals surface area contributed by atoms with Crippen LogP contribution in [0.15, 0.2) is 77.7 Å². The first-order valence-corrected chi connectivity index (χ1v) is 14.4. The average Bonchev–Trinajstić information content (AvgIpc) is 2.94. The van der Waals surface area contributed by atoms with Crippen molar-refractivity contribution in [3.8, 4) is 11.5 Å². The van der Waals surface area contributed by atoms with E-state index < -0.39 is 28.5 Å². The number of benzene rings is 3. The maximum Gasteiger partial charge on any atom is 0.264 e. The van der Waals surface area contributed by atoms with Gasteiger partial charge in [0.2, 0.25) is 11.8 Å². The van der Waals surface area contributed by atoms with Gasteiger partial charge in [-0.15, -0.1) is 0 Å². The van der Waals surface area contributed by atoms with Crippen molar-refractivity contribution in [2.45, 2.75) is 44.3 Å². The number of nitrogens with zero attached hydrogens (tertiary/aromatic N) is 2. The lowest BCUT2D eigenvalue weighted by Crippen LogP contribution is -2.52. The van der Waals surface area contributed by atoms with Gasteiger partial charge in [0.05, 0.1) is 24.8 Å². The highest BCUT2D eigenvalue weighted by atomic mass is 35.5. The Bertz CT molecular complexity index is 1410. The highest BCUT2D eigenvalue weighted by Gasteiger charge is 2.32. The quantitative estimate of drug-likeness (QED) is 0.335. The maximum atomic E-state index is 13.9. The topological polar surface area (TPSA) is 105 Å². The Morgan fingerprint density at radius 2 is 1.52 bits per heavy atom. The van der Waals surface area contributed by atoms with Crippen LogP contribution in [0.1, 0.15) is 26.3 Å². The second kappa shape index (κ2) is 13.5. The van der Waals surface area contributed by atoms with Crippen molar-refractivity contribution < 1.29 is 27.5 Å². The molecule has 40 heavy (non-hydrogen) atoms. The maximum absolute atomic E-state index is 13.9. The van der Waals surface area contributed by atoms with Crippen molar-refractivity contribution in [3.63, 3.8) is 0 Å². The molecule has 214 valence electrons. The van der Waals surface area contributed by atoms with Crippen LogP contribution in [0.25, 0.3) is 0 Å². The zero-order valence-corrected chi connectivity index (χ0v) is 24.7. The van der Waals surface area contributed by atoms with Crippen LogP contribution >= 0.6 is 11.6 Å². The number of sulfonamides is 1. The Labute approximate surface area is 240 Å². The van der Waals surface area contributed by atoms with E-state index in [1.807, 2.05) is 13.8 Å². The SMILES string of the molecule is COc1ccc(S(=O)(=O)N(CC(=O)N(Cc2cccc(OC)c2)[C@H](C)C(=O)NC(C)C)c2ccc(Cl)cc2)cc1. The number of amides is 2. The number of carbonyl (C=O) groups is 2. The van der Waals surface area contributed by atoms with Crippen LogP contribution in [0.5, 0.6) is 11.5 Å². The summed E-state index contributed by atoms with van der Waals surface area (Å²) in [6.45, 7) is 4.75. The van der Waals surface area contributed by atoms with Crippen LogP contribution in [0.3, 0.4) is 0 Å². The number of hydrogen-bond acceptors (Lipinski definition) is 6. The van der Waals surface area contributed by atoms with Crippen LogP contribution in [0.4, 0.5) is 5.69 Å².